The van der Waals surface area contributed by atoms with Crippen molar-refractivity contribution in [3.05, 3.63) is 96.6 Å². The van der Waals surface area contributed by atoms with Gasteiger partial charge in [-0.3, -0.25) is 0 Å². The molecule has 0 amide bonds. The Morgan fingerprint density at radius 2 is 1.50 bits per heavy atom. The molecule has 0 saturated heterocycles. The first-order chi connectivity index (χ1) is 12.7. The standard InChI is InChI=1S/C24H26N2/c1-19-13-15-22(16-14-19)26-18-8-17-25-20(2)23-11-6-7-12-24(23)21-9-4-3-5-10-21/h3-7,9-16,25-26H,2,8,17-18H2,1H3. The molecule has 2 N–H and O–H groups in total. The van der Waals surface area contributed by atoms with E-state index in [4.69, 9.17) is 0 Å². The van der Waals surface area contributed by atoms with E-state index in [0.29, 0.717) is 0 Å². The molecule has 0 atom stereocenters. The van der Waals surface area contributed by atoms with Gasteiger partial charge in [-0.05, 0) is 36.6 Å². The zero-order valence-corrected chi connectivity index (χ0v) is 15.3. The Balaban J connectivity index is 1.52. The van der Waals surface area contributed by atoms with E-state index >= 15 is 0 Å². The molecule has 2 nitrogen and oxygen atoms in total. The maximum Gasteiger partial charge on any atom is 0.0347 e. The summed E-state index contributed by atoms with van der Waals surface area (Å²) in [6, 6.07) is 27.4. The molecule has 132 valence electrons. The van der Waals surface area contributed by atoms with E-state index < -0.39 is 0 Å². The number of benzene rings is 3. The van der Waals surface area contributed by atoms with Crippen molar-refractivity contribution in [2.75, 3.05) is 18.4 Å². The van der Waals surface area contributed by atoms with Crippen molar-refractivity contribution < 1.29 is 0 Å². The first kappa shape index (κ1) is 17.8. The predicted molar refractivity (Wildman–Crippen MR) is 113 cm³/mol. The third kappa shape index (κ3) is 4.76. The first-order valence-electron chi connectivity index (χ1n) is 9.12. The lowest BCUT2D eigenvalue weighted by Gasteiger charge is -2.15. The van der Waals surface area contributed by atoms with Crippen LogP contribution < -0.4 is 10.6 Å². The maximum absolute atomic E-state index is 4.25. The van der Waals surface area contributed by atoms with E-state index in [2.05, 4.69) is 96.9 Å². The van der Waals surface area contributed by atoms with Crippen LogP contribution >= 0.6 is 0 Å². The fourth-order valence-corrected chi connectivity index (χ4v) is 2.94. The molecule has 0 aliphatic carbocycles. The van der Waals surface area contributed by atoms with Gasteiger partial charge < -0.3 is 10.6 Å². The van der Waals surface area contributed by atoms with E-state index in [1.807, 2.05) is 6.07 Å². The highest BCUT2D eigenvalue weighted by molar-refractivity contribution is 5.79. The van der Waals surface area contributed by atoms with E-state index in [1.54, 1.807) is 0 Å². The second-order valence-electron chi connectivity index (χ2n) is 6.46. The van der Waals surface area contributed by atoms with E-state index in [1.165, 1.54) is 22.4 Å². The van der Waals surface area contributed by atoms with Gasteiger partial charge in [0, 0.05) is 30.0 Å². The van der Waals surface area contributed by atoms with Gasteiger partial charge in [-0.1, -0.05) is 78.9 Å². The third-order valence-corrected chi connectivity index (χ3v) is 4.41. The molecule has 0 fully saturated rings. The molecule has 3 aromatic carbocycles. The van der Waals surface area contributed by atoms with Crippen LogP contribution in [-0.4, -0.2) is 13.1 Å². The molecule has 0 aliphatic heterocycles. The Bertz CT molecular complexity index is 836. The molecule has 0 radical (unpaired) electrons. The number of rotatable bonds is 8. The van der Waals surface area contributed by atoms with Gasteiger partial charge in [-0.25, -0.2) is 0 Å². The van der Waals surface area contributed by atoms with Gasteiger partial charge in [-0.15, -0.1) is 0 Å². The summed E-state index contributed by atoms with van der Waals surface area (Å²) in [5.74, 6) is 0. The lowest BCUT2D eigenvalue weighted by Crippen LogP contribution is -2.16. The van der Waals surface area contributed by atoms with Crippen LogP contribution in [0, 0.1) is 6.92 Å². The number of hydrogen-bond donors (Lipinski definition) is 2. The summed E-state index contributed by atoms with van der Waals surface area (Å²) in [6.07, 6.45) is 1.03. The van der Waals surface area contributed by atoms with Crippen molar-refractivity contribution in [2.24, 2.45) is 0 Å². The number of anilines is 1. The van der Waals surface area contributed by atoms with Gasteiger partial charge in [0.05, 0.1) is 0 Å². The van der Waals surface area contributed by atoms with Crippen molar-refractivity contribution in [1.29, 1.82) is 0 Å². The monoisotopic (exact) mass is 342 g/mol. The normalized spacial score (nSPS) is 10.3. The van der Waals surface area contributed by atoms with Gasteiger partial charge in [-0.2, -0.15) is 0 Å². The van der Waals surface area contributed by atoms with Gasteiger partial charge in [0.2, 0.25) is 0 Å². The molecular weight excluding hydrogens is 316 g/mol. The minimum Gasteiger partial charge on any atom is -0.385 e. The van der Waals surface area contributed by atoms with Crippen molar-refractivity contribution in [2.45, 2.75) is 13.3 Å². The fraction of sp³-hybridized carbons (Fsp3) is 0.167. The van der Waals surface area contributed by atoms with Gasteiger partial charge >= 0.3 is 0 Å². The van der Waals surface area contributed by atoms with Crippen LogP contribution in [0.25, 0.3) is 16.8 Å². The van der Waals surface area contributed by atoms with Crippen LogP contribution in [0.1, 0.15) is 17.5 Å². The molecule has 2 heteroatoms. The third-order valence-electron chi connectivity index (χ3n) is 4.41. The predicted octanol–water partition coefficient (Wildman–Crippen LogP) is 5.72. The summed E-state index contributed by atoms with van der Waals surface area (Å²) in [5.41, 5.74) is 7.01. The molecule has 0 spiro atoms. The molecule has 0 aliphatic rings. The number of nitrogens with one attached hydrogen (secondary N) is 2. The average Bonchev–Trinajstić information content (AvgIpc) is 2.69. The summed E-state index contributed by atoms with van der Waals surface area (Å²) in [4.78, 5) is 0. The summed E-state index contributed by atoms with van der Waals surface area (Å²) in [6.45, 7) is 8.17. The van der Waals surface area contributed by atoms with Crippen LogP contribution in [0.4, 0.5) is 5.69 Å². The molecule has 26 heavy (non-hydrogen) atoms. The van der Waals surface area contributed by atoms with Gasteiger partial charge in [0.1, 0.15) is 0 Å². The van der Waals surface area contributed by atoms with Crippen LogP contribution in [-0.2, 0) is 0 Å². The maximum atomic E-state index is 4.25. The Morgan fingerprint density at radius 3 is 2.27 bits per heavy atom. The second-order valence-corrected chi connectivity index (χ2v) is 6.46. The highest BCUT2D eigenvalue weighted by Crippen LogP contribution is 2.26. The summed E-state index contributed by atoms with van der Waals surface area (Å²) in [7, 11) is 0. The Morgan fingerprint density at radius 1 is 0.808 bits per heavy atom. The minimum atomic E-state index is 0.890. The summed E-state index contributed by atoms with van der Waals surface area (Å²) >= 11 is 0. The smallest absolute Gasteiger partial charge is 0.0347 e. The topological polar surface area (TPSA) is 24.1 Å². The molecular formula is C24H26N2. The Hall–Kier alpha value is -3.00. The lowest BCUT2D eigenvalue weighted by atomic mass is 9.98. The fourth-order valence-electron chi connectivity index (χ4n) is 2.94. The van der Waals surface area contributed by atoms with E-state index in [0.717, 1.165) is 30.8 Å². The summed E-state index contributed by atoms with van der Waals surface area (Å²) < 4.78 is 0. The van der Waals surface area contributed by atoms with Crippen molar-refractivity contribution >= 4 is 11.4 Å². The quantitative estimate of drug-likeness (QED) is 0.511. The molecule has 3 rings (SSSR count). The highest BCUT2D eigenvalue weighted by Gasteiger charge is 2.06. The van der Waals surface area contributed by atoms with Crippen LogP contribution in [0.15, 0.2) is 85.4 Å². The van der Waals surface area contributed by atoms with Crippen molar-refractivity contribution in [1.82, 2.24) is 5.32 Å². The van der Waals surface area contributed by atoms with Crippen LogP contribution in [0.3, 0.4) is 0 Å². The molecule has 0 saturated carbocycles. The van der Waals surface area contributed by atoms with Crippen LogP contribution in [0.2, 0.25) is 0 Å². The molecule has 0 heterocycles. The molecule has 0 bridgehead atoms. The Labute approximate surface area is 156 Å². The van der Waals surface area contributed by atoms with Crippen molar-refractivity contribution in [3.63, 3.8) is 0 Å². The van der Waals surface area contributed by atoms with E-state index in [9.17, 15) is 0 Å². The lowest BCUT2D eigenvalue weighted by molar-refractivity contribution is 0.792. The molecule has 0 aromatic heterocycles. The Kier molecular flexibility index (Phi) is 6.10. The largest absolute Gasteiger partial charge is 0.385 e. The molecule has 0 unspecified atom stereocenters. The second kappa shape index (κ2) is 8.91. The first-order valence-corrected chi connectivity index (χ1v) is 9.12. The minimum absolute atomic E-state index is 0.890. The van der Waals surface area contributed by atoms with Crippen LogP contribution in [0.5, 0.6) is 0 Å². The number of hydrogen-bond acceptors (Lipinski definition) is 2. The molecule has 3 aromatic rings. The SMILES string of the molecule is C=C(NCCCNc1ccc(C)cc1)c1ccccc1-c1ccccc1. The zero-order valence-electron chi connectivity index (χ0n) is 15.3. The highest BCUT2D eigenvalue weighted by atomic mass is 14.9. The van der Waals surface area contributed by atoms with Crippen molar-refractivity contribution in [3.8, 4) is 11.1 Å². The summed E-state index contributed by atoms with van der Waals surface area (Å²) in [5, 5.41) is 6.92. The van der Waals surface area contributed by atoms with E-state index in [-0.39, 0.29) is 0 Å². The number of aryl methyl sites for hydroxylation is 1. The average molecular weight is 342 g/mol. The van der Waals surface area contributed by atoms with Gasteiger partial charge in [0.25, 0.3) is 0 Å². The zero-order chi connectivity index (χ0) is 18.2. The van der Waals surface area contributed by atoms with Gasteiger partial charge in [0.15, 0.2) is 0 Å².